The molecule has 1 aliphatic rings. The van der Waals surface area contributed by atoms with Crippen molar-refractivity contribution >= 4 is 29.1 Å². The van der Waals surface area contributed by atoms with Crippen molar-refractivity contribution in [2.24, 2.45) is 5.92 Å². The summed E-state index contributed by atoms with van der Waals surface area (Å²) in [6.07, 6.45) is 1.85. The van der Waals surface area contributed by atoms with Gasteiger partial charge in [-0.25, -0.2) is 0 Å². The lowest BCUT2D eigenvalue weighted by Gasteiger charge is -2.05. The third kappa shape index (κ3) is 3.85. The average molecular weight is 301 g/mol. The number of carbonyl (C=O) groups excluding carboxylic acids is 1. The van der Waals surface area contributed by atoms with E-state index >= 15 is 0 Å². The van der Waals surface area contributed by atoms with Crippen LogP contribution in [0.15, 0.2) is 18.2 Å². The Labute approximate surface area is 123 Å². The lowest BCUT2D eigenvalue weighted by molar-refractivity contribution is -0.122. The van der Waals surface area contributed by atoms with E-state index in [0.29, 0.717) is 16.0 Å². The molecule has 0 radical (unpaired) electrons. The van der Waals surface area contributed by atoms with Crippen LogP contribution < -0.4 is 10.6 Å². The molecule has 19 heavy (non-hydrogen) atoms. The molecule has 0 aromatic heterocycles. The van der Waals surface area contributed by atoms with Crippen LogP contribution in [0.5, 0.6) is 0 Å². The van der Waals surface area contributed by atoms with E-state index in [4.69, 9.17) is 23.2 Å². The molecule has 1 fully saturated rings. The van der Waals surface area contributed by atoms with Crippen LogP contribution in [0.4, 0.5) is 0 Å². The number of carbonyl (C=O) groups is 1. The maximum Gasteiger partial charge on any atom is 0.223 e. The van der Waals surface area contributed by atoms with Gasteiger partial charge < -0.3 is 10.6 Å². The highest BCUT2D eigenvalue weighted by Crippen LogP contribution is 2.48. The van der Waals surface area contributed by atoms with Gasteiger partial charge in [-0.15, -0.1) is 0 Å². The minimum absolute atomic E-state index is 0.0897. The Hall–Kier alpha value is -0.770. The monoisotopic (exact) mass is 300 g/mol. The van der Waals surface area contributed by atoms with Crippen LogP contribution in [-0.2, 0) is 4.79 Å². The SMILES string of the molecule is CNCCCNC(=O)C1CC1c1ccc(Cl)c(Cl)c1. The number of hydrogen-bond acceptors (Lipinski definition) is 2. The normalized spacial score (nSPS) is 21.2. The third-order valence-corrected chi connectivity index (χ3v) is 4.14. The van der Waals surface area contributed by atoms with Crippen molar-refractivity contribution in [2.75, 3.05) is 20.1 Å². The Balaban J connectivity index is 1.83. The Bertz CT molecular complexity index is 465. The first kappa shape index (κ1) is 14.6. The van der Waals surface area contributed by atoms with Gasteiger partial charge in [-0.1, -0.05) is 29.3 Å². The Morgan fingerprint density at radius 3 is 2.79 bits per heavy atom. The first-order valence-corrected chi connectivity index (χ1v) is 7.26. The lowest BCUT2D eigenvalue weighted by Crippen LogP contribution is -2.28. The topological polar surface area (TPSA) is 41.1 Å². The summed E-state index contributed by atoms with van der Waals surface area (Å²) in [5.74, 6) is 0.526. The third-order valence-electron chi connectivity index (χ3n) is 3.40. The highest BCUT2D eigenvalue weighted by molar-refractivity contribution is 6.42. The summed E-state index contributed by atoms with van der Waals surface area (Å²) in [6, 6.07) is 5.61. The van der Waals surface area contributed by atoms with Gasteiger partial charge in [0, 0.05) is 12.5 Å². The molecule has 3 nitrogen and oxygen atoms in total. The number of halogens is 2. The summed E-state index contributed by atoms with van der Waals surface area (Å²) in [7, 11) is 1.91. The van der Waals surface area contributed by atoms with E-state index in [2.05, 4.69) is 10.6 Å². The smallest absolute Gasteiger partial charge is 0.223 e. The maximum atomic E-state index is 11.9. The van der Waals surface area contributed by atoms with Gasteiger partial charge in [0.05, 0.1) is 10.0 Å². The zero-order valence-electron chi connectivity index (χ0n) is 10.9. The van der Waals surface area contributed by atoms with Crippen molar-refractivity contribution in [3.63, 3.8) is 0 Å². The Morgan fingerprint density at radius 1 is 1.32 bits per heavy atom. The predicted molar refractivity (Wildman–Crippen MR) is 78.9 cm³/mol. The molecule has 2 unspecified atom stereocenters. The van der Waals surface area contributed by atoms with E-state index in [1.807, 2.05) is 19.2 Å². The lowest BCUT2D eigenvalue weighted by atomic mass is 10.1. The number of amides is 1. The number of rotatable bonds is 6. The van der Waals surface area contributed by atoms with Crippen LogP contribution in [0.3, 0.4) is 0 Å². The summed E-state index contributed by atoms with van der Waals surface area (Å²) in [6.45, 7) is 1.64. The van der Waals surface area contributed by atoms with Crippen molar-refractivity contribution in [1.29, 1.82) is 0 Å². The first-order valence-electron chi connectivity index (χ1n) is 6.50. The molecule has 0 saturated heterocycles. The van der Waals surface area contributed by atoms with Crippen LogP contribution in [-0.4, -0.2) is 26.0 Å². The quantitative estimate of drug-likeness (QED) is 0.793. The summed E-state index contributed by atoms with van der Waals surface area (Å²) >= 11 is 11.9. The van der Waals surface area contributed by atoms with Gasteiger partial charge in [-0.3, -0.25) is 4.79 Å². The fourth-order valence-corrected chi connectivity index (χ4v) is 2.51. The van der Waals surface area contributed by atoms with Crippen molar-refractivity contribution in [3.8, 4) is 0 Å². The fourth-order valence-electron chi connectivity index (χ4n) is 2.20. The zero-order chi connectivity index (χ0) is 13.8. The van der Waals surface area contributed by atoms with E-state index in [0.717, 1.165) is 31.5 Å². The van der Waals surface area contributed by atoms with Crippen LogP contribution in [0.2, 0.25) is 10.0 Å². The summed E-state index contributed by atoms with van der Waals surface area (Å²) < 4.78 is 0. The van der Waals surface area contributed by atoms with E-state index in [1.165, 1.54) is 0 Å². The second-order valence-corrected chi connectivity index (χ2v) is 5.68. The van der Waals surface area contributed by atoms with E-state index in [1.54, 1.807) is 6.07 Å². The van der Waals surface area contributed by atoms with Crippen molar-refractivity contribution in [2.45, 2.75) is 18.8 Å². The molecule has 1 aromatic rings. The first-order chi connectivity index (χ1) is 9.13. The molecular weight excluding hydrogens is 283 g/mol. The number of hydrogen-bond donors (Lipinski definition) is 2. The number of nitrogens with one attached hydrogen (secondary N) is 2. The van der Waals surface area contributed by atoms with E-state index < -0.39 is 0 Å². The molecule has 2 atom stereocenters. The van der Waals surface area contributed by atoms with Gasteiger partial charge in [-0.2, -0.15) is 0 Å². The highest BCUT2D eigenvalue weighted by Gasteiger charge is 2.43. The molecule has 0 spiro atoms. The molecule has 0 bridgehead atoms. The van der Waals surface area contributed by atoms with Gasteiger partial charge in [0.1, 0.15) is 0 Å². The molecule has 1 aromatic carbocycles. The zero-order valence-corrected chi connectivity index (χ0v) is 12.4. The maximum absolute atomic E-state index is 11.9. The van der Waals surface area contributed by atoms with Gasteiger partial charge in [-0.05, 0) is 50.0 Å². The van der Waals surface area contributed by atoms with Crippen molar-refractivity contribution in [1.82, 2.24) is 10.6 Å². The molecule has 104 valence electrons. The Morgan fingerprint density at radius 2 is 2.11 bits per heavy atom. The second kappa shape index (κ2) is 6.60. The minimum atomic E-state index is 0.0897. The highest BCUT2D eigenvalue weighted by atomic mass is 35.5. The van der Waals surface area contributed by atoms with E-state index in [9.17, 15) is 4.79 Å². The standard InChI is InChI=1S/C14H18Cl2N2O/c1-17-5-2-6-18-14(19)11-8-10(11)9-3-4-12(15)13(16)7-9/h3-4,7,10-11,17H,2,5-6,8H2,1H3,(H,18,19). The average Bonchev–Trinajstić information content (AvgIpc) is 3.18. The molecule has 2 rings (SSSR count). The predicted octanol–water partition coefficient (Wildman–Crippen LogP) is 2.82. The molecule has 2 N–H and O–H groups in total. The molecule has 5 heteroatoms. The fraction of sp³-hybridized carbons (Fsp3) is 0.500. The van der Waals surface area contributed by atoms with Crippen molar-refractivity contribution < 1.29 is 4.79 Å². The van der Waals surface area contributed by atoms with Gasteiger partial charge in [0.2, 0.25) is 5.91 Å². The molecular formula is C14H18Cl2N2O. The molecule has 0 aliphatic heterocycles. The van der Waals surface area contributed by atoms with E-state index in [-0.39, 0.29) is 11.8 Å². The van der Waals surface area contributed by atoms with Crippen LogP contribution >= 0.6 is 23.2 Å². The second-order valence-electron chi connectivity index (χ2n) is 4.87. The van der Waals surface area contributed by atoms with Gasteiger partial charge in [0.15, 0.2) is 0 Å². The van der Waals surface area contributed by atoms with Gasteiger partial charge >= 0.3 is 0 Å². The minimum Gasteiger partial charge on any atom is -0.356 e. The molecule has 1 aliphatic carbocycles. The summed E-state index contributed by atoms with van der Waals surface area (Å²) in [4.78, 5) is 11.9. The summed E-state index contributed by atoms with van der Waals surface area (Å²) in [5, 5.41) is 7.13. The van der Waals surface area contributed by atoms with Crippen LogP contribution in [0, 0.1) is 5.92 Å². The van der Waals surface area contributed by atoms with Crippen LogP contribution in [0.1, 0.15) is 24.3 Å². The molecule has 1 amide bonds. The van der Waals surface area contributed by atoms with Gasteiger partial charge in [0.25, 0.3) is 0 Å². The molecule has 1 saturated carbocycles. The molecule has 0 heterocycles. The summed E-state index contributed by atoms with van der Waals surface area (Å²) in [5.41, 5.74) is 1.10. The van der Waals surface area contributed by atoms with Crippen molar-refractivity contribution in [3.05, 3.63) is 33.8 Å². The van der Waals surface area contributed by atoms with Crippen LogP contribution in [0.25, 0.3) is 0 Å². The number of benzene rings is 1. The Kier molecular flexibility index (Phi) is 5.08. The largest absolute Gasteiger partial charge is 0.356 e.